The van der Waals surface area contributed by atoms with Crippen molar-refractivity contribution in [2.24, 2.45) is 17.6 Å². The van der Waals surface area contributed by atoms with Crippen LogP contribution in [0, 0.1) is 18.8 Å². The number of benzene rings is 1. The van der Waals surface area contributed by atoms with Crippen LogP contribution in [-0.2, 0) is 11.2 Å². The molecule has 0 spiro atoms. The molecule has 2 atom stereocenters. The van der Waals surface area contributed by atoms with Crippen molar-refractivity contribution >= 4 is 42.1 Å². The van der Waals surface area contributed by atoms with E-state index in [4.69, 9.17) is 5.73 Å². The van der Waals surface area contributed by atoms with Gasteiger partial charge in [-0.3, -0.25) is 4.79 Å². The maximum atomic E-state index is 12.6. The van der Waals surface area contributed by atoms with Crippen LogP contribution in [0.25, 0.3) is 10.6 Å². The minimum Gasteiger partial charge on any atom is -0.352 e. The van der Waals surface area contributed by atoms with Gasteiger partial charge in [-0.15, -0.1) is 36.2 Å². The minimum atomic E-state index is 0. The van der Waals surface area contributed by atoms with Gasteiger partial charge in [0.05, 0.1) is 12.1 Å². The second kappa shape index (κ2) is 10.1. The lowest BCUT2D eigenvalue weighted by molar-refractivity contribution is -0.122. The molecule has 1 aromatic heterocycles. The molecular formula is C21H29Cl2N3OS. The van der Waals surface area contributed by atoms with Gasteiger partial charge in [0, 0.05) is 23.0 Å². The van der Waals surface area contributed by atoms with Crippen molar-refractivity contribution in [2.75, 3.05) is 0 Å². The normalized spacial score (nSPS) is 25.9. The van der Waals surface area contributed by atoms with Crippen molar-refractivity contribution < 1.29 is 4.79 Å². The summed E-state index contributed by atoms with van der Waals surface area (Å²) < 4.78 is 0. The Kier molecular flexibility index (Phi) is 8.31. The predicted octanol–water partition coefficient (Wildman–Crippen LogP) is 4.53. The number of carbonyl (C=O) groups excluding carboxylic acids is 1. The molecule has 2 aliphatic carbocycles. The van der Waals surface area contributed by atoms with E-state index in [1.54, 1.807) is 11.3 Å². The topological polar surface area (TPSA) is 68.0 Å². The van der Waals surface area contributed by atoms with Crippen LogP contribution in [0.1, 0.15) is 43.4 Å². The van der Waals surface area contributed by atoms with Crippen LogP contribution in [0.15, 0.2) is 29.6 Å². The number of thiazole rings is 1. The highest BCUT2D eigenvalue weighted by Crippen LogP contribution is 2.39. The van der Waals surface area contributed by atoms with E-state index in [0.717, 1.165) is 29.1 Å². The third-order valence-electron chi connectivity index (χ3n) is 5.86. The standard InChI is InChI=1S/C21H27N3OS.2ClH/c1-13-4-2-7-16(8-13)21-23-18(12-26-21)11-19(25)24-20-14-5-3-6-15(20)10-17(22)9-14;;/h2,4,7-8,12,14-15,17,20H,3,5-6,9-11,22H2,1H3,(H,24,25);2*1H. The van der Waals surface area contributed by atoms with Crippen LogP contribution < -0.4 is 11.1 Å². The molecule has 3 N–H and O–H groups in total. The zero-order valence-electron chi connectivity index (χ0n) is 16.1. The Morgan fingerprint density at radius 3 is 2.64 bits per heavy atom. The molecule has 4 nitrogen and oxygen atoms in total. The molecule has 2 unspecified atom stereocenters. The lowest BCUT2D eigenvalue weighted by Gasteiger charge is -2.45. The summed E-state index contributed by atoms with van der Waals surface area (Å²) in [6, 6.07) is 8.96. The molecular weight excluding hydrogens is 413 g/mol. The number of amides is 1. The van der Waals surface area contributed by atoms with Gasteiger partial charge in [-0.2, -0.15) is 0 Å². The highest BCUT2D eigenvalue weighted by molar-refractivity contribution is 7.13. The van der Waals surface area contributed by atoms with E-state index in [9.17, 15) is 4.79 Å². The van der Waals surface area contributed by atoms with Crippen LogP contribution in [0.2, 0.25) is 0 Å². The monoisotopic (exact) mass is 441 g/mol. The minimum absolute atomic E-state index is 0. The summed E-state index contributed by atoms with van der Waals surface area (Å²) in [5.41, 5.74) is 9.40. The van der Waals surface area contributed by atoms with Gasteiger partial charge in [-0.25, -0.2) is 4.98 Å². The smallest absolute Gasteiger partial charge is 0.226 e. The molecule has 0 radical (unpaired) electrons. The Hall–Kier alpha value is -1.14. The zero-order valence-corrected chi connectivity index (χ0v) is 18.5. The van der Waals surface area contributed by atoms with Crippen molar-refractivity contribution in [3.8, 4) is 10.6 Å². The van der Waals surface area contributed by atoms with E-state index in [-0.39, 0.29) is 30.7 Å². The first kappa shape index (κ1) is 23.1. The second-order valence-corrected chi connectivity index (χ2v) is 8.82. The molecule has 0 saturated heterocycles. The molecule has 4 rings (SSSR count). The van der Waals surface area contributed by atoms with E-state index in [0.29, 0.717) is 30.3 Å². The Balaban J connectivity index is 0.00000140. The van der Waals surface area contributed by atoms with Crippen LogP contribution in [0.5, 0.6) is 0 Å². The quantitative estimate of drug-likeness (QED) is 0.731. The van der Waals surface area contributed by atoms with Crippen molar-refractivity contribution in [3.63, 3.8) is 0 Å². The van der Waals surface area contributed by atoms with Gasteiger partial charge in [-0.1, -0.05) is 30.2 Å². The highest BCUT2D eigenvalue weighted by Gasteiger charge is 2.39. The highest BCUT2D eigenvalue weighted by atomic mass is 35.5. The Bertz CT molecular complexity index is 783. The van der Waals surface area contributed by atoms with Crippen molar-refractivity contribution in [1.82, 2.24) is 10.3 Å². The number of aryl methyl sites for hydroxylation is 1. The number of nitrogens with one attached hydrogen (secondary N) is 1. The Morgan fingerprint density at radius 1 is 1.25 bits per heavy atom. The number of carbonyl (C=O) groups is 1. The number of hydrogen-bond acceptors (Lipinski definition) is 4. The molecule has 7 heteroatoms. The summed E-state index contributed by atoms with van der Waals surface area (Å²) in [5.74, 6) is 1.21. The fraction of sp³-hybridized carbons (Fsp3) is 0.524. The molecule has 2 aliphatic rings. The van der Waals surface area contributed by atoms with Gasteiger partial charge in [0.2, 0.25) is 5.91 Å². The van der Waals surface area contributed by atoms with Crippen molar-refractivity contribution in [3.05, 3.63) is 40.9 Å². The summed E-state index contributed by atoms with van der Waals surface area (Å²) >= 11 is 1.61. The SMILES string of the molecule is Cc1cccc(-c2nc(CC(=O)NC3C4CCCC3CC(N)C4)cs2)c1.Cl.Cl. The molecule has 2 aromatic rings. The summed E-state index contributed by atoms with van der Waals surface area (Å²) in [6.45, 7) is 2.08. The summed E-state index contributed by atoms with van der Waals surface area (Å²) in [6.07, 6.45) is 6.14. The first-order valence-electron chi connectivity index (χ1n) is 9.65. The van der Waals surface area contributed by atoms with E-state index in [2.05, 4.69) is 35.4 Å². The van der Waals surface area contributed by atoms with Crippen molar-refractivity contribution in [1.29, 1.82) is 0 Å². The van der Waals surface area contributed by atoms with E-state index < -0.39 is 0 Å². The number of aromatic nitrogens is 1. The Morgan fingerprint density at radius 2 is 1.96 bits per heavy atom. The van der Waals surface area contributed by atoms with E-state index >= 15 is 0 Å². The van der Waals surface area contributed by atoms with Gasteiger partial charge < -0.3 is 11.1 Å². The first-order chi connectivity index (χ1) is 12.6. The molecule has 1 heterocycles. The Labute approximate surface area is 183 Å². The molecule has 0 aliphatic heterocycles. The third kappa shape index (κ3) is 5.26. The summed E-state index contributed by atoms with van der Waals surface area (Å²) in [4.78, 5) is 17.3. The van der Waals surface area contributed by atoms with Gasteiger partial charge in [0.25, 0.3) is 0 Å². The van der Waals surface area contributed by atoms with Gasteiger partial charge in [-0.05, 0) is 50.5 Å². The van der Waals surface area contributed by atoms with E-state index in [1.807, 2.05) is 11.4 Å². The number of rotatable bonds is 4. The number of hydrogen-bond donors (Lipinski definition) is 2. The molecule has 154 valence electrons. The van der Waals surface area contributed by atoms with Crippen LogP contribution in [-0.4, -0.2) is 23.0 Å². The molecule has 2 fully saturated rings. The zero-order chi connectivity index (χ0) is 18.1. The van der Waals surface area contributed by atoms with Crippen LogP contribution in [0.3, 0.4) is 0 Å². The van der Waals surface area contributed by atoms with Gasteiger partial charge in [0.1, 0.15) is 5.01 Å². The van der Waals surface area contributed by atoms with Crippen LogP contribution >= 0.6 is 36.2 Å². The lowest BCUT2D eigenvalue weighted by atomic mass is 9.67. The molecule has 2 bridgehead atoms. The van der Waals surface area contributed by atoms with Gasteiger partial charge >= 0.3 is 0 Å². The fourth-order valence-electron chi connectivity index (χ4n) is 4.73. The predicted molar refractivity (Wildman–Crippen MR) is 120 cm³/mol. The maximum Gasteiger partial charge on any atom is 0.226 e. The molecule has 1 aromatic carbocycles. The number of nitrogens with zero attached hydrogens (tertiary/aromatic N) is 1. The maximum absolute atomic E-state index is 12.6. The second-order valence-electron chi connectivity index (χ2n) is 7.97. The average molecular weight is 442 g/mol. The van der Waals surface area contributed by atoms with Crippen molar-refractivity contribution in [2.45, 2.75) is 57.5 Å². The molecule has 1 amide bonds. The largest absolute Gasteiger partial charge is 0.352 e. The average Bonchev–Trinajstić information content (AvgIpc) is 3.04. The summed E-state index contributed by atoms with van der Waals surface area (Å²) in [5, 5.41) is 6.31. The molecule has 28 heavy (non-hydrogen) atoms. The number of fused-ring (bicyclic) bond motifs is 2. The lowest BCUT2D eigenvalue weighted by Crippen LogP contribution is -2.54. The molecule has 2 saturated carbocycles. The van der Waals surface area contributed by atoms with Gasteiger partial charge in [0.15, 0.2) is 0 Å². The van der Waals surface area contributed by atoms with Crippen LogP contribution in [0.4, 0.5) is 0 Å². The first-order valence-corrected chi connectivity index (χ1v) is 10.5. The van der Waals surface area contributed by atoms with E-state index in [1.165, 1.54) is 24.8 Å². The summed E-state index contributed by atoms with van der Waals surface area (Å²) in [7, 11) is 0. The number of nitrogens with two attached hydrogens (primary N) is 1. The number of halogens is 2. The third-order valence-corrected chi connectivity index (χ3v) is 6.80. The fourth-order valence-corrected chi connectivity index (χ4v) is 5.54.